The Kier molecular flexibility index (Phi) is 3.41. The van der Waals surface area contributed by atoms with Crippen LogP contribution in [0.1, 0.15) is 6.42 Å². The Labute approximate surface area is 66.1 Å². The Balaban J connectivity index is 2.28. The van der Waals surface area contributed by atoms with E-state index in [-0.39, 0.29) is 6.61 Å². The molecule has 0 unspecified atom stereocenters. The number of anilines is 1. The summed E-state index contributed by atoms with van der Waals surface area (Å²) in [5.74, 6) is 0. The molecule has 3 heteroatoms. The van der Waals surface area contributed by atoms with Crippen LogP contribution >= 0.6 is 0 Å². The molecule has 3 nitrogen and oxygen atoms in total. The molecule has 0 amide bonds. The van der Waals surface area contributed by atoms with Crippen LogP contribution in [0.4, 0.5) is 5.69 Å². The molecule has 0 radical (unpaired) electrons. The van der Waals surface area contributed by atoms with Gasteiger partial charge in [-0.05, 0) is 18.6 Å². The van der Waals surface area contributed by atoms with Gasteiger partial charge < -0.3 is 10.4 Å². The molecule has 0 aliphatic heterocycles. The topological polar surface area (TPSA) is 45.1 Å². The predicted octanol–water partition coefficient (Wildman–Crippen LogP) is 0.876. The summed E-state index contributed by atoms with van der Waals surface area (Å²) in [6, 6.07) is 3.83. The van der Waals surface area contributed by atoms with Crippen LogP contribution in [0.2, 0.25) is 0 Å². The Morgan fingerprint density at radius 3 is 3.09 bits per heavy atom. The van der Waals surface area contributed by atoms with Gasteiger partial charge in [-0.3, -0.25) is 4.98 Å². The fourth-order valence-corrected chi connectivity index (χ4v) is 0.779. The molecule has 0 atom stereocenters. The maximum atomic E-state index is 8.49. The maximum Gasteiger partial charge on any atom is 0.0526 e. The van der Waals surface area contributed by atoms with Gasteiger partial charge in [0.2, 0.25) is 0 Å². The van der Waals surface area contributed by atoms with E-state index in [1.54, 1.807) is 12.4 Å². The van der Waals surface area contributed by atoms with Gasteiger partial charge >= 0.3 is 0 Å². The fraction of sp³-hybridized carbons (Fsp3) is 0.375. The zero-order valence-electron chi connectivity index (χ0n) is 6.33. The first-order valence-electron chi connectivity index (χ1n) is 3.68. The van der Waals surface area contributed by atoms with Gasteiger partial charge in [0.05, 0.1) is 5.69 Å². The summed E-state index contributed by atoms with van der Waals surface area (Å²) in [5, 5.41) is 11.6. The van der Waals surface area contributed by atoms with Crippen molar-refractivity contribution in [2.75, 3.05) is 18.5 Å². The SMILES string of the molecule is OCCCNc1cccnc1. The fourth-order valence-electron chi connectivity index (χ4n) is 0.779. The molecule has 0 aliphatic rings. The van der Waals surface area contributed by atoms with Gasteiger partial charge in [-0.15, -0.1) is 0 Å². The standard InChI is InChI=1S/C8H12N2O/c11-6-2-5-10-8-3-1-4-9-7-8/h1,3-4,7,10-11H,2,5-6H2. The van der Waals surface area contributed by atoms with E-state index in [9.17, 15) is 0 Å². The smallest absolute Gasteiger partial charge is 0.0526 e. The number of hydrogen-bond acceptors (Lipinski definition) is 3. The molecule has 1 rings (SSSR count). The monoisotopic (exact) mass is 152 g/mol. The summed E-state index contributed by atoms with van der Waals surface area (Å²) in [6.45, 7) is 1.02. The van der Waals surface area contributed by atoms with Crippen molar-refractivity contribution >= 4 is 5.69 Å². The Morgan fingerprint density at radius 2 is 2.45 bits per heavy atom. The van der Waals surface area contributed by atoms with E-state index >= 15 is 0 Å². The summed E-state index contributed by atoms with van der Waals surface area (Å²) in [4.78, 5) is 3.94. The molecule has 0 bridgehead atoms. The van der Waals surface area contributed by atoms with Crippen LogP contribution in [0.25, 0.3) is 0 Å². The van der Waals surface area contributed by atoms with Gasteiger partial charge in [-0.1, -0.05) is 0 Å². The summed E-state index contributed by atoms with van der Waals surface area (Å²) in [5.41, 5.74) is 1.00. The summed E-state index contributed by atoms with van der Waals surface area (Å²) < 4.78 is 0. The molecule has 11 heavy (non-hydrogen) atoms. The van der Waals surface area contributed by atoms with Gasteiger partial charge in [0.1, 0.15) is 0 Å². The molecular weight excluding hydrogens is 140 g/mol. The van der Waals surface area contributed by atoms with E-state index in [1.807, 2.05) is 12.1 Å². The van der Waals surface area contributed by atoms with Gasteiger partial charge in [0.15, 0.2) is 0 Å². The minimum atomic E-state index is 0.229. The quantitative estimate of drug-likeness (QED) is 0.629. The van der Waals surface area contributed by atoms with Gasteiger partial charge in [-0.2, -0.15) is 0 Å². The summed E-state index contributed by atoms with van der Waals surface area (Å²) in [6.07, 6.45) is 4.27. The van der Waals surface area contributed by atoms with E-state index in [2.05, 4.69) is 10.3 Å². The van der Waals surface area contributed by atoms with Crippen molar-refractivity contribution in [3.05, 3.63) is 24.5 Å². The van der Waals surface area contributed by atoms with Crippen molar-refractivity contribution in [1.82, 2.24) is 4.98 Å². The molecular formula is C8H12N2O. The van der Waals surface area contributed by atoms with E-state index in [0.29, 0.717) is 0 Å². The lowest BCUT2D eigenvalue weighted by Crippen LogP contribution is -2.03. The third-order valence-electron chi connectivity index (χ3n) is 1.33. The number of pyridine rings is 1. The van der Waals surface area contributed by atoms with E-state index < -0.39 is 0 Å². The highest BCUT2D eigenvalue weighted by atomic mass is 16.3. The lowest BCUT2D eigenvalue weighted by molar-refractivity contribution is 0.292. The van der Waals surface area contributed by atoms with Crippen LogP contribution in [0.15, 0.2) is 24.5 Å². The van der Waals surface area contributed by atoms with Crippen LogP contribution in [0.5, 0.6) is 0 Å². The zero-order valence-corrected chi connectivity index (χ0v) is 6.33. The van der Waals surface area contributed by atoms with Gasteiger partial charge in [0.25, 0.3) is 0 Å². The van der Waals surface area contributed by atoms with Crippen molar-refractivity contribution < 1.29 is 5.11 Å². The molecule has 0 saturated heterocycles. The molecule has 0 fully saturated rings. The van der Waals surface area contributed by atoms with E-state index in [0.717, 1.165) is 18.7 Å². The first-order valence-corrected chi connectivity index (χ1v) is 3.68. The lowest BCUT2D eigenvalue weighted by atomic mass is 10.4. The average molecular weight is 152 g/mol. The highest BCUT2D eigenvalue weighted by Gasteiger charge is 1.87. The van der Waals surface area contributed by atoms with Crippen molar-refractivity contribution in [1.29, 1.82) is 0 Å². The van der Waals surface area contributed by atoms with Crippen molar-refractivity contribution in [3.8, 4) is 0 Å². The number of rotatable bonds is 4. The molecule has 60 valence electrons. The van der Waals surface area contributed by atoms with E-state index in [4.69, 9.17) is 5.11 Å². The molecule has 0 aromatic carbocycles. The second-order valence-corrected chi connectivity index (χ2v) is 2.25. The van der Waals surface area contributed by atoms with Crippen LogP contribution in [0, 0.1) is 0 Å². The Morgan fingerprint density at radius 1 is 1.55 bits per heavy atom. The third-order valence-corrected chi connectivity index (χ3v) is 1.33. The molecule has 1 aromatic heterocycles. The number of hydrogen-bond donors (Lipinski definition) is 2. The van der Waals surface area contributed by atoms with Gasteiger partial charge in [-0.25, -0.2) is 0 Å². The van der Waals surface area contributed by atoms with Crippen molar-refractivity contribution in [2.45, 2.75) is 6.42 Å². The number of aliphatic hydroxyl groups is 1. The molecule has 0 aliphatic carbocycles. The average Bonchev–Trinajstić information content (AvgIpc) is 2.07. The van der Waals surface area contributed by atoms with Crippen LogP contribution < -0.4 is 5.32 Å². The highest BCUT2D eigenvalue weighted by molar-refractivity contribution is 5.39. The number of nitrogens with one attached hydrogen (secondary N) is 1. The van der Waals surface area contributed by atoms with Crippen molar-refractivity contribution in [3.63, 3.8) is 0 Å². The molecule has 0 spiro atoms. The van der Waals surface area contributed by atoms with Crippen LogP contribution in [-0.4, -0.2) is 23.2 Å². The van der Waals surface area contributed by atoms with E-state index in [1.165, 1.54) is 0 Å². The Hall–Kier alpha value is -1.09. The second-order valence-electron chi connectivity index (χ2n) is 2.25. The minimum Gasteiger partial charge on any atom is -0.396 e. The molecule has 2 N–H and O–H groups in total. The van der Waals surface area contributed by atoms with Crippen molar-refractivity contribution in [2.24, 2.45) is 0 Å². The summed E-state index contributed by atoms with van der Waals surface area (Å²) >= 11 is 0. The molecule has 1 heterocycles. The first kappa shape index (κ1) is 8.01. The number of aliphatic hydroxyl groups excluding tert-OH is 1. The highest BCUT2D eigenvalue weighted by Crippen LogP contribution is 2.01. The normalized spacial score (nSPS) is 9.55. The third kappa shape index (κ3) is 3.00. The minimum absolute atomic E-state index is 0.229. The Bertz CT molecular complexity index is 189. The lowest BCUT2D eigenvalue weighted by Gasteiger charge is -2.02. The second kappa shape index (κ2) is 4.68. The van der Waals surface area contributed by atoms with Crippen LogP contribution in [-0.2, 0) is 0 Å². The van der Waals surface area contributed by atoms with Crippen LogP contribution in [0.3, 0.4) is 0 Å². The first-order chi connectivity index (χ1) is 5.43. The zero-order chi connectivity index (χ0) is 7.94. The number of nitrogens with zero attached hydrogens (tertiary/aromatic N) is 1. The largest absolute Gasteiger partial charge is 0.396 e. The molecule has 0 saturated carbocycles. The summed E-state index contributed by atoms with van der Waals surface area (Å²) in [7, 11) is 0. The number of aromatic nitrogens is 1. The van der Waals surface area contributed by atoms with Gasteiger partial charge in [0, 0.05) is 25.5 Å². The maximum absolute atomic E-state index is 8.49. The predicted molar refractivity (Wildman–Crippen MR) is 44.4 cm³/mol. The molecule has 1 aromatic rings.